The second-order valence-electron chi connectivity index (χ2n) is 8.23. The van der Waals surface area contributed by atoms with Crippen molar-refractivity contribution in [2.45, 2.75) is 46.3 Å². The SMILES string of the molecule is CC(C)(C)C(O)c1cccnc1Oc1ccc2c(nnn2CC2CC2)c1Br. The first-order chi connectivity index (χ1) is 12.8. The third kappa shape index (κ3) is 3.71. The molecule has 27 heavy (non-hydrogen) atoms. The number of hydrogen-bond donors (Lipinski definition) is 1. The van der Waals surface area contributed by atoms with Crippen LogP contribution in [-0.2, 0) is 6.54 Å². The number of nitrogens with zero attached hydrogens (tertiary/aromatic N) is 4. The third-order valence-electron chi connectivity index (χ3n) is 4.84. The lowest BCUT2D eigenvalue weighted by atomic mass is 9.85. The molecule has 0 spiro atoms. The number of aliphatic hydroxyl groups is 1. The number of fused-ring (bicyclic) bond motifs is 1. The minimum Gasteiger partial charge on any atom is -0.437 e. The van der Waals surface area contributed by atoms with Gasteiger partial charge in [0.15, 0.2) is 0 Å². The molecule has 1 N–H and O–H groups in total. The molecule has 2 aromatic heterocycles. The van der Waals surface area contributed by atoms with Gasteiger partial charge >= 0.3 is 0 Å². The van der Waals surface area contributed by atoms with Crippen LogP contribution in [0.3, 0.4) is 0 Å². The zero-order valence-electron chi connectivity index (χ0n) is 15.7. The average Bonchev–Trinajstić information content (AvgIpc) is 3.35. The van der Waals surface area contributed by atoms with Gasteiger partial charge in [-0.3, -0.25) is 0 Å². The van der Waals surface area contributed by atoms with Gasteiger partial charge in [-0.25, -0.2) is 9.67 Å². The lowest BCUT2D eigenvalue weighted by Crippen LogP contribution is -2.18. The summed E-state index contributed by atoms with van der Waals surface area (Å²) in [7, 11) is 0. The van der Waals surface area contributed by atoms with E-state index in [9.17, 15) is 5.11 Å². The molecule has 0 radical (unpaired) electrons. The maximum absolute atomic E-state index is 10.7. The molecule has 1 unspecified atom stereocenters. The van der Waals surface area contributed by atoms with Crippen LogP contribution in [0.5, 0.6) is 11.6 Å². The third-order valence-corrected chi connectivity index (χ3v) is 5.61. The summed E-state index contributed by atoms with van der Waals surface area (Å²) in [5, 5.41) is 19.3. The molecule has 6 nitrogen and oxygen atoms in total. The van der Waals surface area contributed by atoms with Gasteiger partial charge in [-0.1, -0.05) is 26.0 Å². The van der Waals surface area contributed by atoms with Crippen molar-refractivity contribution in [1.82, 2.24) is 20.0 Å². The molecule has 1 aliphatic rings. The molecule has 4 rings (SSSR count). The number of aromatic nitrogens is 4. The van der Waals surface area contributed by atoms with E-state index in [1.807, 2.05) is 43.7 Å². The summed E-state index contributed by atoms with van der Waals surface area (Å²) in [5.74, 6) is 1.71. The van der Waals surface area contributed by atoms with E-state index in [-0.39, 0.29) is 5.41 Å². The van der Waals surface area contributed by atoms with Crippen LogP contribution in [0.25, 0.3) is 11.0 Å². The van der Waals surface area contributed by atoms with Gasteiger partial charge in [-0.05, 0) is 64.4 Å². The van der Waals surface area contributed by atoms with Crippen molar-refractivity contribution in [3.05, 3.63) is 40.5 Å². The molecule has 1 fully saturated rings. The fraction of sp³-hybridized carbons (Fsp3) is 0.450. The zero-order valence-corrected chi connectivity index (χ0v) is 17.3. The summed E-state index contributed by atoms with van der Waals surface area (Å²) in [6.45, 7) is 6.85. The Morgan fingerprint density at radius 2 is 2.07 bits per heavy atom. The van der Waals surface area contributed by atoms with Gasteiger partial charge in [-0.15, -0.1) is 5.10 Å². The van der Waals surface area contributed by atoms with Crippen LogP contribution in [-0.4, -0.2) is 25.1 Å². The van der Waals surface area contributed by atoms with Crippen LogP contribution >= 0.6 is 15.9 Å². The summed E-state index contributed by atoms with van der Waals surface area (Å²) in [4.78, 5) is 4.34. The van der Waals surface area contributed by atoms with Gasteiger partial charge in [0, 0.05) is 18.3 Å². The van der Waals surface area contributed by atoms with E-state index in [1.165, 1.54) is 12.8 Å². The number of pyridine rings is 1. The normalized spacial score (nSPS) is 15.9. The fourth-order valence-electron chi connectivity index (χ4n) is 3.01. The lowest BCUT2D eigenvalue weighted by molar-refractivity contribution is 0.0603. The van der Waals surface area contributed by atoms with E-state index < -0.39 is 6.10 Å². The molecule has 0 aliphatic heterocycles. The first-order valence-corrected chi connectivity index (χ1v) is 9.96. The minimum atomic E-state index is -0.692. The van der Waals surface area contributed by atoms with Crippen molar-refractivity contribution < 1.29 is 9.84 Å². The molecule has 0 amide bonds. The highest BCUT2D eigenvalue weighted by molar-refractivity contribution is 9.10. The number of rotatable bonds is 5. The van der Waals surface area contributed by atoms with Gasteiger partial charge in [0.2, 0.25) is 5.88 Å². The summed E-state index contributed by atoms with van der Waals surface area (Å²) in [5.41, 5.74) is 2.09. The summed E-state index contributed by atoms with van der Waals surface area (Å²) in [6, 6.07) is 7.51. The molecule has 7 heteroatoms. The molecule has 2 heterocycles. The van der Waals surface area contributed by atoms with Gasteiger partial charge in [0.25, 0.3) is 0 Å². The number of halogens is 1. The Hall–Kier alpha value is -1.99. The van der Waals surface area contributed by atoms with Crippen LogP contribution in [0.4, 0.5) is 0 Å². The molecule has 0 saturated heterocycles. The number of hydrogen-bond acceptors (Lipinski definition) is 5. The highest BCUT2D eigenvalue weighted by Gasteiger charge is 2.28. The van der Waals surface area contributed by atoms with Crippen LogP contribution in [0, 0.1) is 11.3 Å². The number of benzene rings is 1. The largest absolute Gasteiger partial charge is 0.437 e. The molecule has 142 valence electrons. The second-order valence-corrected chi connectivity index (χ2v) is 9.02. The molecular weight excluding hydrogens is 408 g/mol. The van der Waals surface area contributed by atoms with Crippen molar-refractivity contribution in [3.8, 4) is 11.6 Å². The van der Waals surface area contributed by atoms with Crippen LogP contribution in [0.15, 0.2) is 34.9 Å². The van der Waals surface area contributed by atoms with E-state index in [2.05, 4.69) is 31.2 Å². The highest BCUT2D eigenvalue weighted by atomic mass is 79.9. The van der Waals surface area contributed by atoms with Gasteiger partial charge in [0.05, 0.1) is 16.1 Å². The Bertz CT molecular complexity index is 976. The summed E-state index contributed by atoms with van der Waals surface area (Å²) < 4.78 is 8.77. The Labute approximate surface area is 166 Å². The molecular formula is C20H23BrN4O2. The first-order valence-electron chi connectivity index (χ1n) is 9.17. The number of ether oxygens (including phenoxy) is 1. The van der Waals surface area contributed by atoms with Crippen LogP contribution in [0.2, 0.25) is 0 Å². The predicted octanol–water partition coefficient (Wildman–Crippen LogP) is 4.87. The van der Waals surface area contributed by atoms with E-state index in [4.69, 9.17) is 4.74 Å². The highest BCUT2D eigenvalue weighted by Crippen LogP contribution is 2.40. The van der Waals surface area contributed by atoms with E-state index in [1.54, 1.807) is 12.3 Å². The predicted molar refractivity (Wildman–Crippen MR) is 107 cm³/mol. The molecule has 1 aliphatic carbocycles. The second kappa shape index (κ2) is 6.87. The Morgan fingerprint density at radius 1 is 1.30 bits per heavy atom. The Morgan fingerprint density at radius 3 is 2.78 bits per heavy atom. The minimum absolute atomic E-state index is 0.326. The lowest BCUT2D eigenvalue weighted by Gasteiger charge is -2.27. The van der Waals surface area contributed by atoms with Crippen molar-refractivity contribution >= 4 is 27.0 Å². The standard InChI is InChI=1S/C20H23BrN4O2/c1-20(2,3)18(26)13-5-4-10-22-19(13)27-15-9-8-14-17(16(15)21)23-24-25(14)11-12-6-7-12/h4-5,8-10,12,18,26H,6-7,11H2,1-3H3. The van der Waals surface area contributed by atoms with Crippen molar-refractivity contribution in [2.24, 2.45) is 11.3 Å². The fourth-order valence-corrected chi connectivity index (χ4v) is 3.51. The monoisotopic (exact) mass is 430 g/mol. The van der Waals surface area contributed by atoms with E-state index >= 15 is 0 Å². The van der Waals surface area contributed by atoms with Crippen molar-refractivity contribution in [3.63, 3.8) is 0 Å². The molecule has 0 bridgehead atoms. The van der Waals surface area contributed by atoms with E-state index in [0.717, 1.165) is 28.0 Å². The summed E-state index contributed by atoms with van der Waals surface area (Å²) >= 11 is 3.60. The smallest absolute Gasteiger partial charge is 0.225 e. The maximum Gasteiger partial charge on any atom is 0.225 e. The average molecular weight is 431 g/mol. The molecule has 1 saturated carbocycles. The van der Waals surface area contributed by atoms with Crippen molar-refractivity contribution in [1.29, 1.82) is 0 Å². The van der Waals surface area contributed by atoms with Crippen LogP contribution < -0.4 is 4.74 Å². The quantitative estimate of drug-likeness (QED) is 0.624. The van der Waals surface area contributed by atoms with Gasteiger partial charge in [-0.2, -0.15) is 0 Å². The van der Waals surface area contributed by atoms with E-state index in [0.29, 0.717) is 17.2 Å². The Kier molecular flexibility index (Phi) is 4.68. The first kappa shape index (κ1) is 18.4. The molecule has 1 atom stereocenters. The Balaban J connectivity index is 1.67. The molecule has 1 aromatic carbocycles. The topological polar surface area (TPSA) is 73.1 Å². The number of aliphatic hydroxyl groups excluding tert-OH is 1. The maximum atomic E-state index is 10.7. The van der Waals surface area contributed by atoms with Crippen LogP contribution in [0.1, 0.15) is 45.3 Å². The van der Waals surface area contributed by atoms with Gasteiger partial charge in [0.1, 0.15) is 11.3 Å². The van der Waals surface area contributed by atoms with Gasteiger partial charge < -0.3 is 9.84 Å². The zero-order chi connectivity index (χ0) is 19.2. The van der Waals surface area contributed by atoms with Crippen molar-refractivity contribution in [2.75, 3.05) is 0 Å². The molecule has 3 aromatic rings. The summed E-state index contributed by atoms with van der Waals surface area (Å²) in [6.07, 6.45) is 3.50.